The van der Waals surface area contributed by atoms with Crippen LogP contribution in [0.4, 0.5) is 5.82 Å². The Kier molecular flexibility index (Phi) is 3.30. The van der Waals surface area contributed by atoms with Crippen LogP contribution in [0.15, 0.2) is 12.3 Å². The van der Waals surface area contributed by atoms with Gasteiger partial charge in [0.15, 0.2) is 0 Å². The minimum Gasteiger partial charge on any atom is -0.480 e. The van der Waals surface area contributed by atoms with Gasteiger partial charge in [-0.25, -0.2) is 4.98 Å². The molecule has 0 amide bonds. The van der Waals surface area contributed by atoms with Crippen molar-refractivity contribution in [3.05, 3.63) is 22.8 Å². The van der Waals surface area contributed by atoms with E-state index in [1.54, 1.807) is 19.3 Å². The van der Waals surface area contributed by atoms with E-state index in [0.717, 1.165) is 5.56 Å². The molecule has 76 valence electrons. The fourth-order valence-electron chi connectivity index (χ4n) is 1.07. The van der Waals surface area contributed by atoms with Crippen LogP contribution in [0.5, 0.6) is 0 Å². The van der Waals surface area contributed by atoms with E-state index in [1.807, 2.05) is 6.92 Å². The molecule has 1 aromatic rings. The second-order valence-corrected chi connectivity index (χ2v) is 3.39. The summed E-state index contributed by atoms with van der Waals surface area (Å²) in [5, 5.41) is 9.09. The van der Waals surface area contributed by atoms with Crippen LogP contribution in [0.25, 0.3) is 0 Å². The number of carboxylic acid groups (broad SMARTS) is 1. The van der Waals surface area contributed by atoms with Crippen molar-refractivity contribution < 1.29 is 9.90 Å². The van der Waals surface area contributed by atoms with Crippen LogP contribution in [-0.4, -0.2) is 29.7 Å². The zero-order chi connectivity index (χ0) is 10.7. The maximum Gasteiger partial charge on any atom is 0.323 e. The lowest BCUT2D eigenvalue weighted by molar-refractivity contribution is -0.135. The Morgan fingerprint density at radius 1 is 1.71 bits per heavy atom. The number of anilines is 1. The molecule has 1 rings (SSSR count). The highest BCUT2D eigenvalue weighted by Crippen LogP contribution is 2.24. The molecule has 0 aliphatic rings. The molecular formula is C9H11ClN2O2. The van der Waals surface area contributed by atoms with E-state index in [2.05, 4.69) is 4.98 Å². The molecule has 0 radical (unpaired) electrons. The molecular weight excluding hydrogens is 204 g/mol. The van der Waals surface area contributed by atoms with Gasteiger partial charge < -0.3 is 10.0 Å². The number of aromatic nitrogens is 1. The van der Waals surface area contributed by atoms with E-state index in [9.17, 15) is 4.79 Å². The van der Waals surface area contributed by atoms with E-state index < -0.39 is 5.97 Å². The standard InChI is InChI=1S/C9H11ClN2O2/c1-6-3-4-11-9(8(6)10)12(2)5-7(13)14/h3-4H,5H2,1-2H3,(H,13,14). The number of aryl methyl sites for hydroxylation is 1. The summed E-state index contributed by atoms with van der Waals surface area (Å²) in [5.74, 6) is -0.416. The maximum atomic E-state index is 10.5. The van der Waals surface area contributed by atoms with E-state index in [0.29, 0.717) is 10.8 Å². The molecule has 14 heavy (non-hydrogen) atoms. The van der Waals surface area contributed by atoms with Crippen molar-refractivity contribution >= 4 is 23.4 Å². The van der Waals surface area contributed by atoms with E-state index in [-0.39, 0.29) is 6.54 Å². The van der Waals surface area contributed by atoms with Gasteiger partial charge >= 0.3 is 5.97 Å². The predicted molar refractivity (Wildman–Crippen MR) is 54.9 cm³/mol. The number of hydrogen-bond acceptors (Lipinski definition) is 3. The van der Waals surface area contributed by atoms with Gasteiger partial charge in [0.25, 0.3) is 0 Å². The van der Waals surface area contributed by atoms with Crippen LogP contribution >= 0.6 is 11.6 Å². The summed E-state index contributed by atoms with van der Waals surface area (Å²) in [6.07, 6.45) is 1.61. The quantitative estimate of drug-likeness (QED) is 0.830. The lowest BCUT2D eigenvalue weighted by Gasteiger charge is -2.17. The molecule has 0 unspecified atom stereocenters. The molecule has 0 atom stereocenters. The minimum absolute atomic E-state index is 0.115. The fourth-order valence-corrected chi connectivity index (χ4v) is 1.33. The normalized spacial score (nSPS) is 9.93. The average molecular weight is 215 g/mol. The monoisotopic (exact) mass is 214 g/mol. The van der Waals surface area contributed by atoms with Crippen molar-refractivity contribution in [1.82, 2.24) is 4.98 Å². The molecule has 0 bridgehead atoms. The van der Waals surface area contributed by atoms with Crippen LogP contribution in [0, 0.1) is 6.92 Å². The van der Waals surface area contributed by atoms with Gasteiger partial charge in [0.05, 0.1) is 5.02 Å². The third kappa shape index (κ3) is 2.35. The van der Waals surface area contributed by atoms with Crippen LogP contribution in [0.2, 0.25) is 5.02 Å². The molecule has 0 aromatic carbocycles. The highest BCUT2D eigenvalue weighted by Gasteiger charge is 2.11. The molecule has 0 fully saturated rings. The second-order valence-electron chi connectivity index (χ2n) is 3.02. The minimum atomic E-state index is -0.910. The third-order valence-electron chi connectivity index (χ3n) is 1.80. The van der Waals surface area contributed by atoms with Gasteiger partial charge in [0.2, 0.25) is 0 Å². The van der Waals surface area contributed by atoms with Gasteiger partial charge in [-0.15, -0.1) is 0 Å². The first kappa shape index (κ1) is 10.8. The lowest BCUT2D eigenvalue weighted by Crippen LogP contribution is -2.26. The zero-order valence-corrected chi connectivity index (χ0v) is 8.75. The molecule has 5 heteroatoms. The number of halogens is 1. The van der Waals surface area contributed by atoms with Gasteiger partial charge in [-0.3, -0.25) is 4.79 Å². The molecule has 0 aliphatic carbocycles. The maximum absolute atomic E-state index is 10.5. The second kappa shape index (κ2) is 4.28. The summed E-state index contributed by atoms with van der Waals surface area (Å²) < 4.78 is 0. The summed E-state index contributed by atoms with van der Waals surface area (Å²) in [5.41, 5.74) is 0.883. The van der Waals surface area contributed by atoms with Crippen molar-refractivity contribution in [2.45, 2.75) is 6.92 Å². The number of pyridine rings is 1. The Labute approximate surface area is 87.1 Å². The first-order valence-electron chi connectivity index (χ1n) is 4.06. The summed E-state index contributed by atoms with van der Waals surface area (Å²) in [4.78, 5) is 16.0. The Balaban J connectivity index is 2.95. The fraction of sp³-hybridized carbons (Fsp3) is 0.333. The van der Waals surface area contributed by atoms with Gasteiger partial charge in [0.1, 0.15) is 12.4 Å². The number of likely N-dealkylation sites (N-methyl/N-ethyl adjacent to an activating group) is 1. The zero-order valence-electron chi connectivity index (χ0n) is 7.99. The van der Waals surface area contributed by atoms with Crippen molar-refractivity contribution in [3.8, 4) is 0 Å². The molecule has 1 heterocycles. The van der Waals surface area contributed by atoms with Crippen molar-refractivity contribution in [2.24, 2.45) is 0 Å². The number of carbonyl (C=O) groups is 1. The molecule has 4 nitrogen and oxygen atoms in total. The average Bonchev–Trinajstić information content (AvgIpc) is 2.08. The Bertz CT molecular complexity index is 355. The predicted octanol–water partition coefficient (Wildman–Crippen LogP) is 1.56. The van der Waals surface area contributed by atoms with Crippen LogP contribution in [0.3, 0.4) is 0 Å². The Hall–Kier alpha value is -1.29. The third-order valence-corrected chi connectivity index (χ3v) is 2.27. The molecule has 0 spiro atoms. The summed E-state index contributed by atoms with van der Waals surface area (Å²) in [6, 6.07) is 1.78. The van der Waals surface area contributed by atoms with Crippen LogP contribution < -0.4 is 4.90 Å². The van der Waals surface area contributed by atoms with Crippen LogP contribution in [0.1, 0.15) is 5.56 Å². The Morgan fingerprint density at radius 2 is 2.36 bits per heavy atom. The molecule has 0 aliphatic heterocycles. The number of carboxylic acids is 1. The SMILES string of the molecule is Cc1ccnc(N(C)CC(=O)O)c1Cl. The number of nitrogens with zero attached hydrogens (tertiary/aromatic N) is 2. The molecule has 1 N–H and O–H groups in total. The molecule has 1 aromatic heterocycles. The van der Waals surface area contributed by atoms with Crippen LogP contribution in [-0.2, 0) is 4.79 Å². The summed E-state index contributed by atoms with van der Waals surface area (Å²) >= 11 is 5.97. The smallest absolute Gasteiger partial charge is 0.323 e. The van der Waals surface area contributed by atoms with Crippen molar-refractivity contribution in [3.63, 3.8) is 0 Å². The lowest BCUT2D eigenvalue weighted by atomic mass is 10.3. The van der Waals surface area contributed by atoms with Gasteiger partial charge in [-0.1, -0.05) is 11.6 Å². The van der Waals surface area contributed by atoms with Gasteiger partial charge in [-0.05, 0) is 18.6 Å². The molecule has 0 saturated carbocycles. The highest BCUT2D eigenvalue weighted by atomic mass is 35.5. The Morgan fingerprint density at radius 3 is 2.93 bits per heavy atom. The van der Waals surface area contributed by atoms with Gasteiger partial charge in [0, 0.05) is 13.2 Å². The van der Waals surface area contributed by atoms with Gasteiger partial charge in [-0.2, -0.15) is 0 Å². The largest absolute Gasteiger partial charge is 0.480 e. The topological polar surface area (TPSA) is 53.4 Å². The number of hydrogen-bond donors (Lipinski definition) is 1. The van der Waals surface area contributed by atoms with Crippen molar-refractivity contribution in [2.75, 3.05) is 18.5 Å². The highest BCUT2D eigenvalue weighted by molar-refractivity contribution is 6.33. The number of rotatable bonds is 3. The first-order valence-corrected chi connectivity index (χ1v) is 4.44. The van der Waals surface area contributed by atoms with Crippen molar-refractivity contribution in [1.29, 1.82) is 0 Å². The summed E-state index contributed by atoms with van der Waals surface area (Å²) in [6.45, 7) is 1.73. The van der Waals surface area contributed by atoms with E-state index in [4.69, 9.17) is 16.7 Å². The first-order chi connectivity index (χ1) is 6.52. The molecule has 0 saturated heterocycles. The number of aliphatic carboxylic acids is 1. The summed E-state index contributed by atoms with van der Waals surface area (Å²) in [7, 11) is 1.64. The van der Waals surface area contributed by atoms with E-state index in [1.165, 1.54) is 4.90 Å². The van der Waals surface area contributed by atoms with E-state index >= 15 is 0 Å².